The first-order chi connectivity index (χ1) is 15.7. The van der Waals surface area contributed by atoms with Crippen molar-refractivity contribution in [3.8, 4) is 17.0 Å². The first-order valence-electron chi connectivity index (χ1n) is 10.8. The highest BCUT2D eigenvalue weighted by Crippen LogP contribution is 2.25. The number of aromatic amines is 1. The van der Waals surface area contributed by atoms with Gasteiger partial charge in [0.1, 0.15) is 10.8 Å². The number of rotatable bonds is 6. The summed E-state index contributed by atoms with van der Waals surface area (Å²) in [5.41, 5.74) is 4.25. The molecule has 0 spiro atoms. The minimum absolute atomic E-state index is 0.199. The number of carbonyl (C=O) groups excluding carboxylic acids is 1. The van der Waals surface area contributed by atoms with E-state index >= 15 is 0 Å². The Hall–Kier alpha value is -3.16. The molecule has 3 heterocycles. The van der Waals surface area contributed by atoms with Gasteiger partial charge in [0.25, 0.3) is 0 Å². The van der Waals surface area contributed by atoms with E-state index in [0.717, 1.165) is 71.2 Å². The Kier molecular flexibility index (Phi) is 5.92. The number of piperazine rings is 1. The summed E-state index contributed by atoms with van der Waals surface area (Å²) >= 11 is 1.69. The predicted octanol–water partition coefficient (Wildman–Crippen LogP) is 4.19. The number of nitrogens with one attached hydrogen (secondary N) is 1. The average molecular weight is 447 g/mol. The highest BCUT2D eigenvalue weighted by Gasteiger charge is 2.22. The Bertz CT molecular complexity index is 1210. The van der Waals surface area contributed by atoms with E-state index < -0.39 is 0 Å². The molecule has 2 aromatic heterocycles. The third-order valence-corrected chi connectivity index (χ3v) is 6.87. The molecule has 0 atom stereocenters. The maximum atomic E-state index is 12.9. The highest BCUT2D eigenvalue weighted by molar-refractivity contribution is 7.09. The van der Waals surface area contributed by atoms with Gasteiger partial charge >= 0.3 is 0 Å². The van der Waals surface area contributed by atoms with Crippen LogP contribution in [0.2, 0.25) is 0 Å². The van der Waals surface area contributed by atoms with Gasteiger partial charge in [0.05, 0.1) is 25.8 Å². The summed E-state index contributed by atoms with van der Waals surface area (Å²) < 4.78 is 5.23. The Balaban J connectivity index is 1.15. The minimum Gasteiger partial charge on any atom is -0.497 e. The number of aromatic nitrogens is 2. The van der Waals surface area contributed by atoms with Crippen LogP contribution in [0.5, 0.6) is 5.75 Å². The van der Waals surface area contributed by atoms with E-state index in [0.29, 0.717) is 6.42 Å². The standard InChI is InChI=1S/C25H26N4O2S/c1-31-20-8-6-18(7-9-20)23-17-32-24(27-23)16-28-10-12-29(13-11-28)25(30)14-19-15-26-22-5-3-2-4-21(19)22/h2-9,15,17,26H,10-14,16H2,1H3. The van der Waals surface area contributed by atoms with Crippen LogP contribution < -0.4 is 4.74 Å². The molecule has 1 N–H and O–H groups in total. The van der Waals surface area contributed by atoms with Crippen molar-refractivity contribution in [1.82, 2.24) is 19.8 Å². The van der Waals surface area contributed by atoms with Crippen molar-refractivity contribution in [1.29, 1.82) is 0 Å². The Morgan fingerprint density at radius 3 is 2.66 bits per heavy atom. The quantitative estimate of drug-likeness (QED) is 0.483. The van der Waals surface area contributed by atoms with E-state index in [4.69, 9.17) is 9.72 Å². The van der Waals surface area contributed by atoms with Crippen LogP contribution in [0, 0.1) is 0 Å². The molecule has 7 heteroatoms. The molecule has 32 heavy (non-hydrogen) atoms. The molecule has 1 aliphatic heterocycles. The molecule has 0 radical (unpaired) electrons. The van der Waals surface area contributed by atoms with Crippen molar-refractivity contribution in [2.24, 2.45) is 0 Å². The Labute approximate surface area is 191 Å². The highest BCUT2D eigenvalue weighted by atomic mass is 32.1. The summed E-state index contributed by atoms with van der Waals surface area (Å²) in [4.78, 5) is 25.3. The summed E-state index contributed by atoms with van der Waals surface area (Å²) in [6.45, 7) is 4.09. The minimum atomic E-state index is 0.199. The zero-order chi connectivity index (χ0) is 21.9. The molecule has 1 aliphatic rings. The van der Waals surface area contributed by atoms with Crippen molar-refractivity contribution in [2.45, 2.75) is 13.0 Å². The van der Waals surface area contributed by atoms with E-state index in [1.165, 1.54) is 0 Å². The zero-order valence-electron chi connectivity index (χ0n) is 18.1. The number of H-pyrrole nitrogens is 1. The molecule has 0 bridgehead atoms. The number of nitrogens with zero attached hydrogens (tertiary/aromatic N) is 3. The third-order valence-electron chi connectivity index (χ3n) is 6.04. The van der Waals surface area contributed by atoms with Crippen molar-refractivity contribution >= 4 is 28.1 Å². The number of ether oxygens (including phenoxy) is 1. The zero-order valence-corrected chi connectivity index (χ0v) is 18.9. The molecular formula is C25H26N4O2S. The second kappa shape index (κ2) is 9.14. The van der Waals surface area contributed by atoms with Crippen molar-refractivity contribution in [2.75, 3.05) is 33.3 Å². The van der Waals surface area contributed by atoms with Crippen LogP contribution in [0.25, 0.3) is 22.2 Å². The second-order valence-corrected chi connectivity index (χ2v) is 8.99. The van der Waals surface area contributed by atoms with E-state index in [1.807, 2.05) is 53.6 Å². The Morgan fingerprint density at radius 2 is 1.88 bits per heavy atom. The monoisotopic (exact) mass is 446 g/mol. The van der Waals surface area contributed by atoms with Gasteiger partial charge in [-0.15, -0.1) is 11.3 Å². The van der Waals surface area contributed by atoms with Crippen LogP contribution in [0.3, 0.4) is 0 Å². The van der Waals surface area contributed by atoms with Crippen molar-refractivity contribution in [3.05, 3.63) is 70.7 Å². The largest absolute Gasteiger partial charge is 0.497 e. The number of hydrogen-bond donors (Lipinski definition) is 1. The van der Waals surface area contributed by atoms with Gasteiger partial charge in [-0.25, -0.2) is 4.98 Å². The van der Waals surface area contributed by atoms with Crippen LogP contribution in [0.1, 0.15) is 10.6 Å². The number of hydrogen-bond acceptors (Lipinski definition) is 5. The lowest BCUT2D eigenvalue weighted by Gasteiger charge is -2.34. The lowest BCUT2D eigenvalue weighted by molar-refractivity contribution is -0.132. The number of thiazole rings is 1. The molecule has 164 valence electrons. The van der Waals surface area contributed by atoms with Gasteiger partial charge in [0.15, 0.2) is 0 Å². The molecule has 2 aromatic carbocycles. The Morgan fingerprint density at radius 1 is 1.09 bits per heavy atom. The maximum Gasteiger partial charge on any atom is 0.227 e. The van der Waals surface area contributed by atoms with Gasteiger partial charge in [-0.3, -0.25) is 9.69 Å². The fourth-order valence-electron chi connectivity index (χ4n) is 4.18. The number of methoxy groups -OCH3 is 1. The first kappa shape index (κ1) is 20.7. The lowest BCUT2D eigenvalue weighted by atomic mass is 10.1. The normalized spacial score (nSPS) is 14.7. The van der Waals surface area contributed by atoms with Gasteiger partial charge in [0.2, 0.25) is 5.91 Å². The summed E-state index contributed by atoms with van der Waals surface area (Å²) in [5.74, 6) is 1.05. The molecule has 1 amide bonds. The predicted molar refractivity (Wildman–Crippen MR) is 128 cm³/mol. The number of fused-ring (bicyclic) bond motifs is 1. The summed E-state index contributed by atoms with van der Waals surface area (Å²) in [6, 6.07) is 16.1. The SMILES string of the molecule is COc1ccc(-c2csc(CN3CCN(C(=O)Cc4c[nH]c5ccccc45)CC3)n2)cc1. The summed E-state index contributed by atoms with van der Waals surface area (Å²) in [5, 5.41) is 4.35. The molecule has 1 saturated heterocycles. The molecule has 0 aliphatic carbocycles. The number of carbonyl (C=O) groups is 1. The van der Waals surface area contributed by atoms with Crippen molar-refractivity contribution in [3.63, 3.8) is 0 Å². The molecule has 1 fully saturated rings. The first-order valence-corrected chi connectivity index (χ1v) is 11.7. The smallest absolute Gasteiger partial charge is 0.227 e. The van der Waals surface area contributed by atoms with Crippen molar-refractivity contribution < 1.29 is 9.53 Å². The van der Waals surface area contributed by atoms with Gasteiger partial charge in [-0.1, -0.05) is 18.2 Å². The summed E-state index contributed by atoms with van der Waals surface area (Å²) in [7, 11) is 1.67. The molecule has 0 unspecified atom stereocenters. The lowest BCUT2D eigenvalue weighted by Crippen LogP contribution is -2.48. The van der Waals surface area contributed by atoms with Gasteiger partial charge < -0.3 is 14.6 Å². The average Bonchev–Trinajstić information content (AvgIpc) is 3.47. The van der Waals surface area contributed by atoms with Gasteiger partial charge in [-0.2, -0.15) is 0 Å². The number of para-hydroxylation sites is 1. The third kappa shape index (κ3) is 4.40. The number of amides is 1. The van der Waals surface area contributed by atoms with E-state index in [-0.39, 0.29) is 5.91 Å². The summed E-state index contributed by atoms with van der Waals surface area (Å²) in [6.07, 6.45) is 2.41. The van der Waals surface area contributed by atoms with Crippen LogP contribution in [0.15, 0.2) is 60.1 Å². The molecule has 5 rings (SSSR count). The van der Waals surface area contributed by atoms with E-state index in [9.17, 15) is 4.79 Å². The molecule has 4 aromatic rings. The topological polar surface area (TPSA) is 61.5 Å². The van der Waals surface area contributed by atoms with E-state index in [2.05, 4.69) is 21.3 Å². The fraction of sp³-hybridized carbons (Fsp3) is 0.280. The molecule has 0 saturated carbocycles. The van der Waals surface area contributed by atoms with Crippen LogP contribution in [-0.4, -0.2) is 59.0 Å². The number of benzene rings is 2. The fourth-order valence-corrected chi connectivity index (χ4v) is 5.02. The molecular weight excluding hydrogens is 420 g/mol. The van der Waals surface area contributed by atoms with Gasteiger partial charge in [-0.05, 0) is 35.9 Å². The van der Waals surface area contributed by atoms with Crippen LogP contribution >= 0.6 is 11.3 Å². The van der Waals surface area contributed by atoms with Crippen LogP contribution in [-0.2, 0) is 17.8 Å². The maximum absolute atomic E-state index is 12.9. The van der Waals surface area contributed by atoms with E-state index in [1.54, 1.807) is 18.4 Å². The van der Waals surface area contributed by atoms with Gasteiger partial charge in [0, 0.05) is 54.2 Å². The van der Waals surface area contributed by atoms with Crippen LogP contribution in [0.4, 0.5) is 0 Å². The second-order valence-electron chi connectivity index (χ2n) is 8.05. The molecule has 6 nitrogen and oxygen atoms in total.